The first-order chi connectivity index (χ1) is 8.31. The Morgan fingerprint density at radius 1 is 0.941 bits per heavy atom. The van der Waals surface area contributed by atoms with Crippen LogP contribution in [0.3, 0.4) is 0 Å². The maximum absolute atomic E-state index is 10.9. The van der Waals surface area contributed by atoms with Crippen molar-refractivity contribution < 1.29 is 9.53 Å². The van der Waals surface area contributed by atoms with Crippen LogP contribution in [0.1, 0.15) is 51.9 Å². The van der Waals surface area contributed by atoms with Gasteiger partial charge in [0.25, 0.3) is 0 Å². The lowest BCUT2D eigenvalue weighted by molar-refractivity contribution is 0.152. The Balaban J connectivity index is 3.01. The molecule has 0 rings (SSSR count). The largest absolute Gasteiger partial charge is 0.450 e. The standard InChI is InChI=1S/C13H28N2O2/c1-3-17-13(16)15-12-10-8-6-4-5-7-9-11-14-2/h14H,3-12H2,1-2H3,(H,15,16). The van der Waals surface area contributed by atoms with Gasteiger partial charge in [-0.2, -0.15) is 0 Å². The Bertz CT molecular complexity index is 175. The van der Waals surface area contributed by atoms with Crippen molar-refractivity contribution in [1.82, 2.24) is 10.6 Å². The first-order valence-electron chi connectivity index (χ1n) is 6.86. The third-order valence-corrected chi connectivity index (χ3v) is 2.65. The third kappa shape index (κ3) is 13.2. The highest BCUT2D eigenvalue weighted by molar-refractivity contribution is 5.66. The molecule has 0 heterocycles. The molecule has 0 bridgehead atoms. The topological polar surface area (TPSA) is 50.4 Å². The molecule has 0 unspecified atom stereocenters. The second kappa shape index (κ2) is 13.3. The molecule has 4 heteroatoms. The fourth-order valence-electron chi connectivity index (χ4n) is 1.68. The molecule has 0 aromatic rings. The Kier molecular flexibility index (Phi) is 12.7. The summed E-state index contributed by atoms with van der Waals surface area (Å²) in [5.41, 5.74) is 0. The first-order valence-corrected chi connectivity index (χ1v) is 6.86. The number of ether oxygens (including phenoxy) is 1. The zero-order valence-electron chi connectivity index (χ0n) is 11.4. The van der Waals surface area contributed by atoms with Crippen LogP contribution in [-0.4, -0.2) is 32.8 Å². The zero-order chi connectivity index (χ0) is 12.8. The average Bonchev–Trinajstić information content (AvgIpc) is 2.32. The summed E-state index contributed by atoms with van der Waals surface area (Å²) in [4.78, 5) is 10.9. The highest BCUT2D eigenvalue weighted by Crippen LogP contribution is 2.06. The highest BCUT2D eigenvalue weighted by Gasteiger charge is 1.97. The molecule has 17 heavy (non-hydrogen) atoms. The van der Waals surface area contributed by atoms with Gasteiger partial charge in [-0.15, -0.1) is 0 Å². The first kappa shape index (κ1) is 16.2. The lowest BCUT2D eigenvalue weighted by Gasteiger charge is -2.05. The molecule has 0 aliphatic heterocycles. The molecule has 0 radical (unpaired) electrons. The summed E-state index contributed by atoms with van der Waals surface area (Å²) in [6.45, 7) is 4.12. The second-order valence-electron chi connectivity index (χ2n) is 4.23. The molecule has 0 aromatic carbocycles. The third-order valence-electron chi connectivity index (χ3n) is 2.65. The quantitative estimate of drug-likeness (QED) is 0.549. The van der Waals surface area contributed by atoms with Gasteiger partial charge in [-0.05, 0) is 33.4 Å². The number of carbonyl (C=O) groups is 1. The Hall–Kier alpha value is -0.770. The van der Waals surface area contributed by atoms with Crippen molar-refractivity contribution in [2.24, 2.45) is 0 Å². The Morgan fingerprint density at radius 3 is 2.00 bits per heavy atom. The molecule has 102 valence electrons. The number of hydrogen-bond donors (Lipinski definition) is 2. The van der Waals surface area contributed by atoms with E-state index in [1.165, 1.54) is 38.5 Å². The van der Waals surface area contributed by atoms with Gasteiger partial charge in [0.2, 0.25) is 0 Å². The zero-order valence-corrected chi connectivity index (χ0v) is 11.4. The normalized spacial score (nSPS) is 10.2. The number of nitrogens with one attached hydrogen (secondary N) is 2. The van der Waals surface area contributed by atoms with Crippen LogP contribution in [0.4, 0.5) is 4.79 Å². The average molecular weight is 244 g/mol. The van der Waals surface area contributed by atoms with Gasteiger partial charge in [-0.3, -0.25) is 0 Å². The number of alkyl carbamates (subject to hydrolysis) is 1. The van der Waals surface area contributed by atoms with Crippen molar-refractivity contribution in [3.8, 4) is 0 Å². The smallest absolute Gasteiger partial charge is 0.407 e. The predicted molar refractivity (Wildman–Crippen MR) is 71.3 cm³/mol. The fourth-order valence-corrected chi connectivity index (χ4v) is 1.68. The summed E-state index contributed by atoms with van der Waals surface area (Å²) in [6.07, 6.45) is 8.45. The number of rotatable bonds is 11. The van der Waals surface area contributed by atoms with Crippen molar-refractivity contribution >= 4 is 6.09 Å². The van der Waals surface area contributed by atoms with E-state index in [-0.39, 0.29) is 6.09 Å². The molecular weight excluding hydrogens is 216 g/mol. The number of amides is 1. The van der Waals surface area contributed by atoms with Gasteiger partial charge in [-0.1, -0.05) is 32.1 Å². The van der Waals surface area contributed by atoms with Crippen molar-refractivity contribution in [2.75, 3.05) is 26.7 Å². The monoisotopic (exact) mass is 244 g/mol. The maximum atomic E-state index is 10.9. The van der Waals surface area contributed by atoms with E-state index in [0.717, 1.165) is 19.5 Å². The molecule has 0 aromatic heterocycles. The van der Waals surface area contributed by atoms with Gasteiger partial charge < -0.3 is 15.4 Å². The summed E-state index contributed by atoms with van der Waals surface area (Å²) in [5, 5.41) is 5.89. The van der Waals surface area contributed by atoms with E-state index >= 15 is 0 Å². The highest BCUT2D eigenvalue weighted by atomic mass is 16.5. The van der Waals surface area contributed by atoms with Gasteiger partial charge in [-0.25, -0.2) is 4.79 Å². The molecule has 0 atom stereocenters. The number of hydrogen-bond acceptors (Lipinski definition) is 3. The van der Waals surface area contributed by atoms with E-state index in [1.807, 2.05) is 14.0 Å². The molecule has 0 saturated heterocycles. The molecule has 1 amide bonds. The van der Waals surface area contributed by atoms with Crippen LogP contribution < -0.4 is 10.6 Å². The molecule has 4 nitrogen and oxygen atoms in total. The molecular formula is C13H28N2O2. The van der Waals surface area contributed by atoms with Gasteiger partial charge in [0, 0.05) is 6.54 Å². The van der Waals surface area contributed by atoms with Crippen LogP contribution >= 0.6 is 0 Å². The van der Waals surface area contributed by atoms with E-state index in [2.05, 4.69) is 10.6 Å². The van der Waals surface area contributed by atoms with Crippen molar-refractivity contribution in [2.45, 2.75) is 51.9 Å². The SMILES string of the molecule is CCOC(=O)NCCCCCCCCCNC. The summed E-state index contributed by atoms with van der Waals surface area (Å²) in [7, 11) is 2.00. The van der Waals surface area contributed by atoms with Crippen LogP contribution in [-0.2, 0) is 4.74 Å². The van der Waals surface area contributed by atoms with Crippen LogP contribution in [0.15, 0.2) is 0 Å². The van der Waals surface area contributed by atoms with Gasteiger partial charge in [0.1, 0.15) is 0 Å². The summed E-state index contributed by atoms with van der Waals surface area (Å²) in [6, 6.07) is 0. The molecule has 0 fully saturated rings. The maximum Gasteiger partial charge on any atom is 0.407 e. The summed E-state index contributed by atoms with van der Waals surface area (Å²) < 4.78 is 4.77. The van der Waals surface area contributed by atoms with Gasteiger partial charge in [0.15, 0.2) is 0 Å². The Morgan fingerprint density at radius 2 is 1.47 bits per heavy atom. The van der Waals surface area contributed by atoms with Crippen LogP contribution in [0.2, 0.25) is 0 Å². The van der Waals surface area contributed by atoms with E-state index in [9.17, 15) is 4.79 Å². The molecule has 0 aliphatic rings. The lowest BCUT2D eigenvalue weighted by Crippen LogP contribution is -2.25. The minimum atomic E-state index is -0.292. The van der Waals surface area contributed by atoms with E-state index in [0.29, 0.717) is 6.61 Å². The Labute approximate surface area is 105 Å². The lowest BCUT2D eigenvalue weighted by atomic mass is 10.1. The molecule has 0 spiro atoms. The molecule has 0 aliphatic carbocycles. The fraction of sp³-hybridized carbons (Fsp3) is 0.923. The van der Waals surface area contributed by atoms with Gasteiger partial charge in [0.05, 0.1) is 6.61 Å². The van der Waals surface area contributed by atoms with E-state index < -0.39 is 0 Å². The van der Waals surface area contributed by atoms with Crippen LogP contribution in [0.25, 0.3) is 0 Å². The second-order valence-corrected chi connectivity index (χ2v) is 4.23. The summed E-state index contributed by atoms with van der Waals surface area (Å²) in [5.74, 6) is 0. The van der Waals surface area contributed by atoms with Crippen LogP contribution in [0.5, 0.6) is 0 Å². The summed E-state index contributed by atoms with van der Waals surface area (Å²) >= 11 is 0. The minimum Gasteiger partial charge on any atom is -0.450 e. The molecule has 2 N–H and O–H groups in total. The number of unbranched alkanes of at least 4 members (excludes halogenated alkanes) is 6. The van der Waals surface area contributed by atoms with E-state index in [1.54, 1.807) is 0 Å². The van der Waals surface area contributed by atoms with Crippen LogP contribution in [0, 0.1) is 0 Å². The minimum absolute atomic E-state index is 0.292. The van der Waals surface area contributed by atoms with Crippen molar-refractivity contribution in [1.29, 1.82) is 0 Å². The van der Waals surface area contributed by atoms with Gasteiger partial charge >= 0.3 is 6.09 Å². The van der Waals surface area contributed by atoms with Crippen molar-refractivity contribution in [3.05, 3.63) is 0 Å². The van der Waals surface area contributed by atoms with Crippen molar-refractivity contribution in [3.63, 3.8) is 0 Å². The number of carbonyl (C=O) groups excluding carboxylic acids is 1. The predicted octanol–water partition coefficient (Wildman–Crippen LogP) is 2.68. The van der Waals surface area contributed by atoms with E-state index in [4.69, 9.17) is 4.74 Å². The molecule has 0 saturated carbocycles.